The van der Waals surface area contributed by atoms with Crippen LogP contribution in [0.2, 0.25) is 0 Å². The van der Waals surface area contributed by atoms with E-state index >= 15 is 0 Å². The zero-order chi connectivity index (χ0) is 10.6. The summed E-state index contributed by atoms with van der Waals surface area (Å²) >= 11 is 11.3. The molecule has 0 aliphatic rings. The van der Waals surface area contributed by atoms with Crippen molar-refractivity contribution in [3.63, 3.8) is 0 Å². The van der Waals surface area contributed by atoms with Crippen LogP contribution in [0.5, 0.6) is 0 Å². The lowest BCUT2D eigenvalue weighted by Crippen LogP contribution is -2.02. The summed E-state index contributed by atoms with van der Waals surface area (Å²) in [5.41, 5.74) is 3.79. The highest BCUT2D eigenvalue weighted by molar-refractivity contribution is 14.1. The molecule has 76 valence electrons. The Labute approximate surface area is 111 Å². The first-order chi connectivity index (χ1) is 6.63. The Morgan fingerprint density at radius 2 is 2.36 bits per heavy atom. The fraction of sp³-hybridized carbons (Fsp3) is 0.200. The lowest BCUT2D eigenvalue weighted by Gasteiger charge is -2.08. The quantitative estimate of drug-likeness (QED) is 0.748. The molecule has 0 amide bonds. The molecule has 0 aromatic heterocycles. The molecule has 0 unspecified atom stereocenters. The second kappa shape index (κ2) is 5.98. The minimum absolute atomic E-state index is 0.767. The number of nitrogens with one attached hydrogen (secondary N) is 1. The molecule has 0 saturated heterocycles. The van der Waals surface area contributed by atoms with Gasteiger partial charge in [0, 0.05) is 25.8 Å². The molecular formula is C10H10BrClIN. The van der Waals surface area contributed by atoms with Gasteiger partial charge in [0.15, 0.2) is 0 Å². The Hall–Kier alpha value is 0.260. The fourth-order valence-electron chi connectivity index (χ4n) is 0.906. The highest BCUT2D eigenvalue weighted by atomic mass is 127. The van der Waals surface area contributed by atoms with Gasteiger partial charge in [-0.3, -0.25) is 0 Å². The molecule has 0 spiro atoms. The second-order valence-corrected chi connectivity index (χ2v) is 5.25. The molecule has 0 saturated carbocycles. The lowest BCUT2D eigenvalue weighted by atomic mass is 10.3. The molecule has 1 N–H and O–H groups in total. The third kappa shape index (κ3) is 3.79. The van der Waals surface area contributed by atoms with E-state index in [2.05, 4.69) is 56.0 Å². The van der Waals surface area contributed by atoms with Gasteiger partial charge in [0.1, 0.15) is 0 Å². The normalized spacial score (nSPS) is 11.6. The Balaban J connectivity index is 2.68. The van der Waals surface area contributed by atoms with E-state index in [4.69, 9.17) is 11.6 Å². The number of benzene rings is 1. The average Bonchev–Trinajstić information content (AvgIpc) is 2.16. The first-order valence-electron chi connectivity index (χ1n) is 4.08. The largest absolute Gasteiger partial charge is 0.380 e. The van der Waals surface area contributed by atoms with Crippen LogP contribution in [0.3, 0.4) is 0 Å². The number of hydrogen-bond acceptors (Lipinski definition) is 1. The first kappa shape index (κ1) is 12.3. The van der Waals surface area contributed by atoms with Crippen LogP contribution in [-0.2, 0) is 0 Å². The number of halogens is 3. The predicted molar refractivity (Wildman–Crippen MR) is 75.0 cm³/mol. The van der Waals surface area contributed by atoms with Crippen molar-refractivity contribution in [1.82, 2.24) is 0 Å². The Bertz CT molecular complexity index is 352. The summed E-state index contributed by atoms with van der Waals surface area (Å²) in [5.74, 6) is 0. The van der Waals surface area contributed by atoms with Crippen LogP contribution in [0.1, 0.15) is 6.92 Å². The molecule has 1 nitrogen and oxygen atoms in total. The highest BCUT2D eigenvalue weighted by Crippen LogP contribution is 2.24. The van der Waals surface area contributed by atoms with E-state index in [9.17, 15) is 0 Å². The topological polar surface area (TPSA) is 12.0 Å². The van der Waals surface area contributed by atoms with Gasteiger partial charge in [-0.25, -0.2) is 0 Å². The predicted octanol–water partition coefficient (Wildman–Crippen LogP) is 4.61. The monoisotopic (exact) mass is 385 g/mol. The van der Waals surface area contributed by atoms with Gasteiger partial charge in [0.25, 0.3) is 0 Å². The molecule has 1 aromatic rings. The van der Waals surface area contributed by atoms with Crippen molar-refractivity contribution in [2.45, 2.75) is 6.92 Å². The van der Waals surface area contributed by atoms with E-state index < -0.39 is 0 Å². The fourth-order valence-corrected chi connectivity index (χ4v) is 2.42. The van der Waals surface area contributed by atoms with E-state index in [0.29, 0.717) is 0 Å². The molecule has 0 aliphatic heterocycles. The van der Waals surface area contributed by atoms with Crippen molar-refractivity contribution in [3.8, 4) is 0 Å². The summed E-state index contributed by atoms with van der Waals surface area (Å²) in [4.78, 5) is 0. The molecule has 0 heterocycles. The third-order valence-electron chi connectivity index (χ3n) is 1.68. The van der Waals surface area contributed by atoms with Gasteiger partial charge >= 0.3 is 0 Å². The van der Waals surface area contributed by atoms with Crippen LogP contribution < -0.4 is 5.32 Å². The maximum atomic E-state index is 5.57. The van der Waals surface area contributed by atoms with Crippen LogP contribution in [0.15, 0.2) is 33.8 Å². The van der Waals surface area contributed by atoms with Gasteiger partial charge in [0.2, 0.25) is 0 Å². The van der Waals surface area contributed by atoms with Gasteiger partial charge in [-0.2, -0.15) is 0 Å². The SMILES string of the molecule is C/C(=C/Cl)CNc1ccc(I)cc1Br. The molecule has 0 radical (unpaired) electrons. The van der Waals surface area contributed by atoms with E-state index in [1.54, 1.807) is 5.54 Å². The smallest absolute Gasteiger partial charge is 0.0487 e. The third-order valence-corrected chi connectivity index (χ3v) is 3.37. The van der Waals surface area contributed by atoms with Crippen LogP contribution in [-0.4, -0.2) is 6.54 Å². The lowest BCUT2D eigenvalue weighted by molar-refractivity contribution is 1.21. The standard InChI is InChI=1S/C10H10BrClIN/c1-7(5-12)6-14-10-3-2-8(13)4-9(10)11/h2-5,14H,6H2,1H3/b7-5-. The van der Waals surface area contributed by atoms with Gasteiger partial charge < -0.3 is 5.32 Å². The summed E-state index contributed by atoms with van der Waals surface area (Å²) in [7, 11) is 0. The van der Waals surface area contributed by atoms with Crippen LogP contribution in [0.25, 0.3) is 0 Å². The minimum atomic E-state index is 0.767. The highest BCUT2D eigenvalue weighted by Gasteiger charge is 1.99. The summed E-state index contributed by atoms with van der Waals surface area (Å²) in [6.45, 7) is 2.75. The summed E-state index contributed by atoms with van der Waals surface area (Å²) in [5, 5.41) is 3.29. The van der Waals surface area contributed by atoms with Crippen LogP contribution in [0, 0.1) is 3.57 Å². The van der Waals surface area contributed by atoms with Gasteiger partial charge in [-0.15, -0.1) is 0 Å². The van der Waals surface area contributed by atoms with E-state index in [1.165, 1.54) is 3.57 Å². The molecule has 4 heteroatoms. The van der Waals surface area contributed by atoms with Gasteiger partial charge in [-0.1, -0.05) is 11.6 Å². The van der Waals surface area contributed by atoms with Crippen molar-refractivity contribution >= 4 is 55.8 Å². The summed E-state index contributed by atoms with van der Waals surface area (Å²) in [6, 6.07) is 6.18. The van der Waals surface area contributed by atoms with Crippen molar-refractivity contribution in [1.29, 1.82) is 0 Å². The summed E-state index contributed by atoms with van der Waals surface area (Å²) < 4.78 is 2.29. The molecule has 0 bridgehead atoms. The molecule has 1 rings (SSSR count). The number of hydrogen-bond donors (Lipinski definition) is 1. The minimum Gasteiger partial charge on any atom is -0.380 e. The van der Waals surface area contributed by atoms with E-state index in [0.717, 1.165) is 22.3 Å². The zero-order valence-corrected chi connectivity index (χ0v) is 12.1. The molecule has 0 fully saturated rings. The maximum Gasteiger partial charge on any atom is 0.0487 e. The Morgan fingerprint density at radius 1 is 1.64 bits per heavy atom. The van der Waals surface area contributed by atoms with Crippen molar-refractivity contribution in [2.24, 2.45) is 0 Å². The Morgan fingerprint density at radius 3 is 2.93 bits per heavy atom. The second-order valence-electron chi connectivity index (χ2n) is 2.93. The van der Waals surface area contributed by atoms with Gasteiger partial charge in [-0.05, 0) is 69.2 Å². The summed E-state index contributed by atoms with van der Waals surface area (Å²) in [6.07, 6.45) is 0. The van der Waals surface area contributed by atoms with Crippen LogP contribution in [0.4, 0.5) is 5.69 Å². The Kier molecular flexibility index (Phi) is 5.26. The van der Waals surface area contributed by atoms with Crippen molar-refractivity contribution < 1.29 is 0 Å². The zero-order valence-electron chi connectivity index (χ0n) is 7.65. The number of rotatable bonds is 3. The molecule has 1 aromatic carbocycles. The molecule has 14 heavy (non-hydrogen) atoms. The van der Waals surface area contributed by atoms with Crippen molar-refractivity contribution in [3.05, 3.63) is 37.4 Å². The van der Waals surface area contributed by atoms with E-state index in [-0.39, 0.29) is 0 Å². The van der Waals surface area contributed by atoms with E-state index in [1.807, 2.05) is 13.0 Å². The van der Waals surface area contributed by atoms with Crippen LogP contribution >= 0.6 is 50.1 Å². The van der Waals surface area contributed by atoms with Crippen molar-refractivity contribution in [2.75, 3.05) is 11.9 Å². The average molecular weight is 386 g/mol. The first-order valence-corrected chi connectivity index (χ1v) is 6.39. The van der Waals surface area contributed by atoms with Gasteiger partial charge in [0.05, 0.1) is 0 Å². The molecule has 0 atom stereocenters. The maximum absolute atomic E-state index is 5.57. The molecule has 0 aliphatic carbocycles. The number of anilines is 1. The molecular weight excluding hydrogens is 376 g/mol.